The van der Waals surface area contributed by atoms with Crippen LogP contribution in [0.4, 0.5) is 4.79 Å². The lowest BCUT2D eigenvalue weighted by Gasteiger charge is -2.12. The van der Waals surface area contributed by atoms with Gasteiger partial charge in [0.05, 0.1) is 5.75 Å². The normalized spacial score (nSPS) is 15.3. The minimum Gasteiger partial charge on any atom is -0.349 e. The van der Waals surface area contributed by atoms with Gasteiger partial charge >= 0.3 is 0 Å². The number of nitrogens with one attached hydrogen (secondary N) is 2. The van der Waals surface area contributed by atoms with Crippen LogP contribution in [0.2, 0.25) is 0 Å². The number of imide groups is 1. The molecule has 0 saturated carbocycles. The summed E-state index contributed by atoms with van der Waals surface area (Å²) in [7, 11) is 0. The number of aryl methyl sites for hydroxylation is 1. The molecule has 0 aromatic carbocycles. The molecule has 0 radical (unpaired) electrons. The molecule has 0 bridgehead atoms. The standard InChI is InChI=1S/C10H12N4O3S/c1-6-4-7(13-12-6)9(16)11-2-3-14-8(15)5-18-10(14)17/h4H,2-3,5H2,1H3,(H,11,16)(H,12,13). The Morgan fingerprint density at radius 1 is 1.61 bits per heavy atom. The number of amides is 3. The molecule has 1 aromatic heterocycles. The van der Waals surface area contributed by atoms with E-state index in [1.807, 2.05) is 0 Å². The number of rotatable bonds is 4. The van der Waals surface area contributed by atoms with Gasteiger partial charge in [-0.2, -0.15) is 5.10 Å². The summed E-state index contributed by atoms with van der Waals surface area (Å²) in [5, 5.41) is 8.81. The molecule has 0 aliphatic carbocycles. The molecule has 7 nitrogen and oxygen atoms in total. The molecule has 96 valence electrons. The molecular formula is C10H12N4O3S. The second-order valence-corrected chi connectivity index (χ2v) is 4.72. The number of hydrogen-bond acceptors (Lipinski definition) is 5. The first-order valence-corrected chi connectivity index (χ1v) is 6.34. The number of aromatic amines is 1. The van der Waals surface area contributed by atoms with Crippen molar-refractivity contribution in [2.45, 2.75) is 6.92 Å². The molecule has 0 unspecified atom stereocenters. The van der Waals surface area contributed by atoms with E-state index in [0.29, 0.717) is 5.69 Å². The zero-order valence-corrected chi connectivity index (χ0v) is 10.5. The van der Waals surface area contributed by atoms with E-state index in [9.17, 15) is 14.4 Å². The fourth-order valence-corrected chi connectivity index (χ4v) is 2.25. The number of H-pyrrole nitrogens is 1. The lowest BCUT2D eigenvalue weighted by molar-refractivity contribution is -0.124. The fraction of sp³-hybridized carbons (Fsp3) is 0.400. The summed E-state index contributed by atoms with van der Waals surface area (Å²) in [5.41, 5.74) is 1.09. The quantitative estimate of drug-likeness (QED) is 0.810. The highest BCUT2D eigenvalue weighted by atomic mass is 32.2. The number of nitrogens with zero attached hydrogens (tertiary/aromatic N) is 2. The van der Waals surface area contributed by atoms with Crippen molar-refractivity contribution < 1.29 is 14.4 Å². The van der Waals surface area contributed by atoms with Crippen molar-refractivity contribution in [2.75, 3.05) is 18.8 Å². The number of thioether (sulfide) groups is 1. The largest absolute Gasteiger partial charge is 0.349 e. The molecule has 2 N–H and O–H groups in total. The summed E-state index contributed by atoms with van der Waals surface area (Å²) in [6, 6.07) is 1.62. The van der Waals surface area contributed by atoms with Gasteiger partial charge in [-0.1, -0.05) is 11.8 Å². The van der Waals surface area contributed by atoms with Gasteiger partial charge in [0.2, 0.25) is 5.91 Å². The van der Waals surface area contributed by atoms with Crippen molar-refractivity contribution in [1.82, 2.24) is 20.4 Å². The van der Waals surface area contributed by atoms with Gasteiger partial charge in [-0.25, -0.2) is 0 Å². The van der Waals surface area contributed by atoms with Gasteiger partial charge < -0.3 is 5.32 Å². The predicted octanol–water partition coefficient (Wildman–Crippen LogP) is 0.143. The van der Waals surface area contributed by atoms with Crippen LogP contribution in [0.25, 0.3) is 0 Å². The topological polar surface area (TPSA) is 95.2 Å². The van der Waals surface area contributed by atoms with Gasteiger partial charge in [0.25, 0.3) is 11.1 Å². The Morgan fingerprint density at radius 3 is 2.94 bits per heavy atom. The average molecular weight is 268 g/mol. The summed E-state index contributed by atoms with van der Waals surface area (Å²) in [6.07, 6.45) is 0. The molecular weight excluding hydrogens is 256 g/mol. The molecule has 1 aromatic rings. The second kappa shape index (κ2) is 5.21. The minimum absolute atomic E-state index is 0.186. The number of hydrogen-bond donors (Lipinski definition) is 2. The van der Waals surface area contributed by atoms with Crippen LogP contribution >= 0.6 is 11.8 Å². The van der Waals surface area contributed by atoms with Crippen molar-refractivity contribution in [2.24, 2.45) is 0 Å². The van der Waals surface area contributed by atoms with Crippen LogP contribution in [0.5, 0.6) is 0 Å². The smallest absolute Gasteiger partial charge is 0.288 e. The average Bonchev–Trinajstić information content (AvgIpc) is 2.89. The van der Waals surface area contributed by atoms with Crippen molar-refractivity contribution >= 4 is 28.8 Å². The SMILES string of the molecule is Cc1cc(C(=O)NCCN2C(=O)CSC2=O)n[nH]1. The lowest BCUT2D eigenvalue weighted by atomic mass is 10.3. The first kappa shape index (κ1) is 12.6. The van der Waals surface area contributed by atoms with Crippen LogP contribution in [0.3, 0.4) is 0 Å². The molecule has 0 atom stereocenters. The lowest BCUT2D eigenvalue weighted by Crippen LogP contribution is -2.37. The summed E-state index contributed by atoms with van der Waals surface area (Å²) < 4.78 is 0. The van der Waals surface area contributed by atoms with Crippen molar-refractivity contribution in [3.8, 4) is 0 Å². The molecule has 18 heavy (non-hydrogen) atoms. The molecule has 2 rings (SSSR count). The zero-order chi connectivity index (χ0) is 13.1. The third kappa shape index (κ3) is 2.70. The molecule has 1 saturated heterocycles. The van der Waals surface area contributed by atoms with Crippen molar-refractivity contribution in [3.63, 3.8) is 0 Å². The van der Waals surface area contributed by atoms with Gasteiger partial charge in [-0.15, -0.1) is 0 Å². The highest BCUT2D eigenvalue weighted by molar-refractivity contribution is 8.14. The Hall–Kier alpha value is -1.83. The monoisotopic (exact) mass is 268 g/mol. The zero-order valence-electron chi connectivity index (χ0n) is 9.73. The third-order valence-electron chi connectivity index (χ3n) is 2.40. The molecule has 3 amide bonds. The van der Waals surface area contributed by atoms with E-state index in [1.54, 1.807) is 13.0 Å². The van der Waals surface area contributed by atoms with Crippen LogP contribution in [0.15, 0.2) is 6.07 Å². The Kier molecular flexibility index (Phi) is 3.66. The summed E-state index contributed by atoms with van der Waals surface area (Å²) in [6.45, 7) is 2.21. The first-order valence-electron chi connectivity index (χ1n) is 5.35. The summed E-state index contributed by atoms with van der Waals surface area (Å²) in [4.78, 5) is 35.3. The first-order chi connectivity index (χ1) is 8.58. The predicted molar refractivity (Wildman–Crippen MR) is 65.2 cm³/mol. The van der Waals surface area contributed by atoms with E-state index in [1.165, 1.54) is 0 Å². The van der Waals surface area contributed by atoms with E-state index in [-0.39, 0.29) is 35.9 Å². The number of carbonyl (C=O) groups is 3. The highest BCUT2D eigenvalue weighted by Crippen LogP contribution is 2.17. The highest BCUT2D eigenvalue weighted by Gasteiger charge is 2.29. The van der Waals surface area contributed by atoms with Crippen LogP contribution in [-0.4, -0.2) is 51.0 Å². The molecule has 0 spiro atoms. The van der Waals surface area contributed by atoms with E-state index in [2.05, 4.69) is 15.5 Å². The van der Waals surface area contributed by atoms with Crippen molar-refractivity contribution in [3.05, 3.63) is 17.5 Å². The van der Waals surface area contributed by atoms with Crippen LogP contribution in [-0.2, 0) is 4.79 Å². The molecule has 1 fully saturated rings. The van der Waals surface area contributed by atoms with Gasteiger partial charge in [0.1, 0.15) is 5.69 Å². The maximum atomic E-state index is 11.6. The Morgan fingerprint density at radius 2 is 2.39 bits per heavy atom. The third-order valence-corrected chi connectivity index (χ3v) is 3.26. The van der Waals surface area contributed by atoms with E-state index in [4.69, 9.17) is 0 Å². The van der Waals surface area contributed by atoms with Crippen LogP contribution in [0.1, 0.15) is 16.2 Å². The molecule has 1 aliphatic rings. The summed E-state index contributed by atoms with van der Waals surface area (Å²) >= 11 is 0.979. The fourth-order valence-electron chi connectivity index (χ4n) is 1.50. The van der Waals surface area contributed by atoms with Crippen LogP contribution in [0, 0.1) is 6.92 Å². The second-order valence-electron chi connectivity index (χ2n) is 3.79. The van der Waals surface area contributed by atoms with Crippen LogP contribution < -0.4 is 5.32 Å². The van der Waals surface area contributed by atoms with Gasteiger partial charge in [-0.3, -0.25) is 24.4 Å². The van der Waals surface area contributed by atoms with Gasteiger partial charge in [0.15, 0.2) is 0 Å². The number of carbonyl (C=O) groups excluding carboxylic acids is 3. The molecule has 2 heterocycles. The summed E-state index contributed by atoms with van der Waals surface area (Å²) in [5.74, 6) is -0.355. The Balaban J connectivity index is 1.80. The van der Waals surface area contributed by atoms with E-state index < -0.39 is 0 Å². The maximum absolute atomic E-state index is 11.6. The Bertz CT molecular complexity index is 483. The Labute approximate surface area is 107 Å². The van der Waals surface area contributed by atoms with Gasteiger partial charge in [-0.05, 0) is 13.0 Å². The minimum atomic E-state index is -0.328. The maximum Gasteiger partial charge on any atom is 0.288 e. The van der Waals surface area contributed by atoms with E-state index in [0.717, 1.165) is 22.4 Å². The van der Waals surface area contributed by atoms with E-state index >= 15 is 0 Å². The van der Waals surface area contributed by atoms with Gasteiger partial charge in [0, 0.05) is 18.8 Å². The number of aromatic nitrogens is 2. The molecule has 1 aliphatic heterocycles. The van der Waals surface area contributed by atoms with Crippen molar-refractivity contribution in [1.29, 1.82) is 0 Å². The molecule has 8 heteroatoms.